The number of nitrogens with zero attached hydrogens (tertiary/aromatic N) is 1. The summed E-state index contributed by atoms with van der Waals surface area (Å²) in [5, 5.41) is 39.1. The van der Waals surface area contributed by atoms with Gasteiger partial charge in [0.15, 0.2) is 0 Å². The molecule has 0 radical (unpaired) electrons. The first-order valence-electron chi connectivity index (χ1n) is 8.44. The third kappa shape index (κ3) is 2.99. The fourth-order valence-electron chi connectivity index (χ4n) is 4.57. The van der Waals surface area contributed by atoms with Crippen molar-refractivity contribution in [3.63, 3.8) is 0 Å². The van der Waals surface area contributed by atoms with Gasteiger partial charge in [-0.05, 0) is 49.9 Å². The number of aliphatic hydroxyl groups excluding tert-OH is 4. The van der Waals surface area contributed by atoms with Crippen LogP contribution in [0.4, 0.5) is 0 Å². The third-order valence-electron chi connectivity index (χ3n) is 6.29. The van der Waals surface area contributed by atoms with Gasteiger partial charge in [0.2, 0.25) is 0 Å². The van der Waals surface area contributed by atoms with E-state index in [1.54, 1.807) is 0 Å². The number of likely N-dealkylation sites (tertiary alicyclic amines) is 1. The molecule has 2 saturated carbocycles. The van der Waals surface area contributed by atoms with E-state index < -0.39 is 24.4 Å². The van der Waals surface area contributed by atoms with Gasteiger partial charge in [-0.3, -0.25) is 4.90 Å². The topological polar surface area (TPSA) is 84.2 Å². The predicted octanol–water partition coefficient (Wildman–Crippen LogP) is 0.106. The molecule has 4 N–H and O–H groups in total. The molecular formula is C16H29NO4. The molecule has 0 aromatic carbocycles. The Morgan fingerprint density at radius 2 is 1.62 bits per heavy atom. The summed E-state index contributed by atoms with van der Waals surface area (Å²) in [5.41, 5.74) is 0.643. The first-order valence-corrected chi connectivity index (χ1v) is 8.44. The third-order valence-corrected chi connectivity index (χ3v) is 6.29. The van der Waals surface area contributed by atoms with Gasteiger partial charge in [0.25, 0.3) is 0 Å². The maximum absolute atomic E-state index is 10.0. The molecule has 3 rings (SSSR count). The maximum Gasteiger partial charge on any atom is 0.109 e. The summed E-state index contributed by atoms with van der Waals surface area (Å²) in [6.45, 7) is 0.967. The smallest absolute Gasteiger partial charge is 0.109 e. The molecule has 3 fully saturated rings. The Hall–Kier alpha value is -0.200. The van der Waals surface area contributed by atoms with Gasteiger partial charge in [0.1, 0.15) is 12.2 Å². The van der Waals surface area contributed by atoms with E-state index in [4.69, 9.17) is 0 Å². The summed E-state index contributed by atoms with van der Waals surface area (Å²) in [5.74, 6) is 0.583. The van der Waals surface area contributed by atoms with Crippen molar-refractivity contribution >= 4 is 0 Å². The highest BCUT2D eigenvalue weighted by Crippen LogP contribution is 2.52. The first kappa shape index (κ1) is 15.7. The van der Waals surface area contributed by atoms with Crippen LogP contribution in [0.3, 0.4) is 0 Å². The van der Waals surface area contributed by atoms with E-state index in [-0.39, 0.29) is 6.61 Å². The van der Waals surface area contributed by atoms with Crippen molar-refractivity contribution in [2.75, 3.05) is 19.7 Å². The minimum absolute atomic E-state index is 0.179. The molecule has 1 heterocycles. The van der Waals surface area contributed by atoms with E-state index in [0.29, 0.717) is 17.9 Å². The van der Waals surface area contributed by atoms with E-state index >= 15 is 0 Å². The maximum atomic E-state index is 10.0. The summed E-state index contributed by atoms with van der Waals surface area (Å²) in [6, 6.07) is -0.456. The molecule has 0 amide bonds. The van der Waals surface area contributed by atoms with Crippen LogP contribution in [0.15, 0.2) is 0 Å². The Balaban J connectivity index is 1.56. The Labute approximate surface area is 126 Å². The largest absolute Gasteiger partial charge is 0.395 e. The minimum atomic E-state index is -1.15. The number of hydrogen-bond acceptors (Lipinski definition) is 5. The van der Waals surface area contributed by atoms with Gasteiger partial charge in [0.05, 0.1) is 18.8 Å². The molecule has 2 aliphatic carbocycles. The summed E-state index contributed by atoms with van der Waals surface area (Å²) in [7, 11) is 0. The van der Waals surface area contributed by atoms with Crippen molar-refractivity contribution in [3.8, 4) is 0 Å². The van der Waals surface area contributed by atoms with Crippen LogP contribution in [-0.4, -0.2) is 69.4 Å². The van der Waals surface area contributed by atoms with Crippen LogP contribution in [0.2, 0.25) is 0 Å². The van der Waals surface area contributed by atoms with Gasteiger partial charge in [0, 0.05) is 13.1 Å². The summed E-state index contributed by atoms with van der Waals surface area (Å²) < 4.78 is 0. The Kier molecular flexibility index (Phi) is 4.58. The van der Waals surface area contributed by atoms with Crippen LogP contribution < -0.4 is 0 Å². The molecule has 1 saturated heterocycles. The summed E-state index contributed by atoms with van der Waals surface area (Å²) in [6.07, 6.45) is 6.07. The average molecular weight is 299 g/mol. The highest BCUT2D eigenvalue weighted by molar-refractivity contribution is 4.96. The second kappa shape index (κ2) is 6.13. The van der Waals surface area contributed by atoms with Gasteiger partial charge in [-0.25, -0.2) is 0 Å². The van der Waals surface area contributed by atoms with Crippen LogP contribution >= 0.6 is 0 Å². The number of β-amino-alcohol motifs (C(OH)–C–C–N with tert-alkyl or cyclic N) is 1. The zero-order valence-electron chi connectivity index (χ0n) is 12.7. The second-order valence-electron chi connectivity index (χ2n) is 7.55. The van der Waals surface area contributed by atoms with Gasteiger partial charge >= 0.3 is 0 Å². The van der Waals surface area contributed by atoms with Crippen molar-refractivity contribution < 1.29 is 20.4 Å². The zero-order chi connectivity index (χ0) is 15.0. The van der Waals surface area contributed by atoms with E-state index in [9.17, 15) is 20.4 Å². The lowest BCUT2D eigenvalue weighted by molar-refractivity contribution is -0.148. The minimum Gasteiger partial charge on any atom is -0.395 e. The molecule has 5 heteroatoms. The lowest BCUT2D eigenvalue weighted by atomic mass is 9.59. The quantitative estimate of drug-likeness (QED) is 0.594. The van der Waals surface area contributed by atoms with Crippen molar-refractivity contribution in [1.29, 1.82) is 0 Å². The van der Waals surface area contributed by atoms with Crippen LogP contribution in [0.1, 0.15) is 44.9 Å². The van der Waals surface area contributed by atoms with Gasteiger partial charge < -0.3 is 20.4 Å². The Morgan fingerprint density at radius 1 is 0.952 bits per heavy atom. The molecule has 0 unspecified atom stereocenters. The van der Waals surface area contributed by atoms with E-state index in [0.717, 1.165) is 6.54 Å². The molecule has 0 aromatic rings. The number of rotatable bonds is 3. The number of hydrogen-bond donors (Lipinski definition) is 4. The molecule has 4 atom stereocenters. The van der Waals surface area contributed by atoms with E-state index in [2.05, 4.69) is 0 Å². The fourth-order valence-corrected chi connectivity index (χ4v) is 4.57. The van der Waals surface area contributed by atoms with Crippen molar-refractivity contribution in [2.45, 2.75) is 69.3 Å². The van der Waals surface area contributed by atoms with Crippen LogP contribution in [-0.2, 0) is 0 Å². The lowest BCUT2D eigenvalue weighted by Gasteiger charge is -2.49. The molecule has 1 aliphatic heterocycles. The first-order chi connectivity index (χ1) is 10.0. The Morgan fingerprint density at radius 3 is 2.14 bits per heavy atom. The molecule has 0 aromatic heterocycles. The number of aliphatic hydroxyl groups is 4. The second-order valence-corrected chi connectivity index (χ2v) is 7.55. The molecule has 5 nitrogen and oxygen atoms in total. The fraction of sp³-hybridized carbons (Fsp3) is 1.00. The van der Waals surface area contributed by atoms with Crippen molar-refractivity contribution in [2.24, 2.45) is 11.3 Å². The highest BCUT2D eigenvalue weighted by atomic mass is 16.4. The Bertz CT molecular complexity index is 350. The monoisotopic (exact) mass is 299 g/mol. The molecule has 3 aliphatic rings. The molecule has 0 bridgehead atoms. The summed E-state index contributed by atoms with van der Waals surface area (Å²) in [4.78, 5) is 1.98. The average Bonchev–Trinajstić information content (AvgIpc) is 2.44. The lowest BCUT2D eigenvalue weighted by Crippen LogP contribution is -2.63. The molecular weight excluding hydrogens is 270 g/mol. The van der Waals surface area contributed by atoms with Gasteiger partial charge in [-0.15, -0.1) is 0 Å². The SMILES string of the molecule is OC[C@@H]1[C@@H](O)[C@H](O)[C@@H](O)CN1CC1CCC2(CCC2)CC1. The van der Waals surface area contributed by atoms with Crippen LogP contribution in [0.25, 0.3) is 0 Å². The standard InChI is InChI=1S/C16H29NO4/c18-10-12-14(20)15(21)13(19)9-17(12)8-11-2-6-16(7-3-11)4-1-5-16/h11-15,18-21H,1-10H2/t12-,13+,14-,15-/m1/s1. The molecule has 21 heavy (non-hydrogen) atoms. The van der Waals surface area contributed by atoms with Crippen LogP contribution in [0.5, 0.6) is 0 Å². The van der Waals surface area contributed by atoms with Gasteiger partial charge in [-0.1, -0.05) is 6.42 Å². The van der Waals surface area contributed by atoms with E-state index in [1.165, 1.54) is 44.9 Å². The highest BCUT2D eigenvalue weighted by Gasteiger charge is 2.44. The predicted molar refractivity (Wildman–Crippen MR) is 78.7 cm³/mol. The van der Waals surface area contributed by atoms with Crippen molar-refractivity contribution in [1.82, 2.24) is 4.90 Å². The van der Waals surface area contributed by atoms with E-state index in [1.807, 2.05) is 4.90 Å². The van der Waals surface area contributed by atoms with Crippen LogP contribution in [0, 0.1) is 11.3 Å². The number of piperidine rings is 1. The molecule has 122 valence electrons. The summed E-state index contributed by atoms with van der Waals surface area (Å²) >= 11 is 0. The normalized spacial score (nSPS) is 41.1. The zero-order valence-corrected chi connectivity index (χ0v) is 12.7. The molecule has 1 spiro atoms. The van der Waals surface area contributed by atoms with Gasteiger partial charge in [-0.2, -0.15) is 0 Å². The van der Waals surface area contributed by atoms with Crippen molar-refractivity contribution in [3.05, 3.63) is 0 Å².